The third-order valence-corrected chi connectivity index (χ3v) is 8.95. The summed E-state index contributed by atoms with van der Waals surface area (Å²) in [7, 11) is 0. The number of thiazole rings is 1. The first-order valence-corrected chi connectivity index (χ1v) is 17.3. The van der Waals surface area contributed by atoms with E-state index in [1.165, 1.54) is 16.2 Å². The molecule has 0 saturated carbocycles. The summed E-state index contributed by atoms with van der Waals surface area (Å²) < 4.78 is 7.51. The number of amides is 4. The molecule has 5 rings (SSSR count). The van der Waals surface area contributed by atoms with Gasteiger partial charge in [0, 0.05) is 24.5 Å². The molecule has 3 atom stereocenters. The van der Waals surface area contributed by atoms with Gasteiger partial charge in [0.25, 0.3) is 17.8 Å². The molecule has 4 N–H and O–H groups in total. The molecule has 1 aromatic carbocycles. The number of carboxylic acids is 1. The first kappa shape index (κ1) is 38.4. The highest BCUT2D eigenvalue weighted by atomic mass is 32.1. The molecule has 0 spiro atoms. The third-order valence-electron chi connectivity index (χ3n) is 7.93. The van der Waals surface area contributed by atoms with E-state index in [2.05, 4.69) is 31.0 Å². The molecule has 0 fully saturated rings. The number of hydrogen-bond donors (Lipinski definition) is 4. The van der Waals surface area contributed by atoms with E-state index in [1.807, 2.05) is 64.1 Å². The number of fused-ring (bicyclic) bond motifs is 4. The van der Waals surface area contributed by atoms with Crippen LogP contribution in [0.2, 0.25) is 0 Å². The van der Waals surface area contributed by atoms with Gasteiger partial charge in [-0.3, -0.25) is 28.7 Å². The SMILES string of the molecule is CC(=O)O.Cc1cc(C)n(CC(=O)N2CC(=O)N[C@@H](C(C)C)c3nc(c(C)o3)C(=O)N[C@H](C)c3nc(cs3)C(=O)N[C@H](Cc3ccccc3)C2)n1. The molecule has 0 unspecified atom stereocenters. The highest BCUT2D eigenvalue weighted by molar-refractivity contribution is 7.09. The second kappa shape index (κ2) is 17.0. The topological polar surface area (TPSA) is 202 Å². The molecule has 51 heavy (non-hydrogen) atoms. The second-order valence-corrected chi connectivity index (χ2v) is 13.6. The quantitative estimate of drug-likeness (QED) is 0.236. The van der Waals surface area contributed by atoms with Crippen molar-refractivity contribution < 1.29 is 33.5 Å². The lowest BCUT2D eigenvalue weighted by Crippen LogP contribution is -2.51. The number of hydrogen-bond acceptors (Lipinski definition) is 10. The summed E-state index contributed by atoms with van der Waals surface area (Å²) in [6, 6.07) is 9.71. The predicted octanol–water partition coefficient (Wildman–Crippen LogP) is 3.53. The minimum absolute atomic E-state index is 0.0459. The molecule has 4 bridgehead atoms. The van der Waals surface area contributed by atoms with E-state index in [-0.39, 0.29) is 48.7 Å². The van der Waals surface area contributed by atoms with Crippen molar-refractivity contribution >= 4 is 40.9 Å². The van der Waals surface area contributed by atoms with Gasteiger partial charge in [-0.25, -0.2) is 9.97 Å². The normalized spacial score (nSPS) is 18.5. The molecule has 4 aromatic rings. The molecule has 0 aliphatic carbocycles. The van der Waals surface area contributed by atoms with Crippen LogP contribution < -0.4 is 16.0 Å². The van der Waals surface area contributed by atoms with E-state index in [1.54, 1.807) is 23.9 Å². The Morgan fingerprint density at radius 2 is 1.73 bits per heavy atom. The van der Waals surface area contributed by atoms with Gasteiger partial charge in [0.1, 0.15) is 29.0 Å². The summed E-state index contributed by atoms with van der Waals surface area (Å²) in [6.07, 6.45) is 0.397. The summed E-state index contributed by atoms with van der Waals surface area (Å²) in [4.78, 5) is 73.8. The summed E-state index contributed by atoms with van der Waals surface area (Å²) in [5.74, 6) is -2.19. The van der Waals surface area contributed by atoms with Crippen LogP contribution in [0.25, 0.3) is 0 Å². The van der Waals surface area contributed by atoms with Gasteiger partial charge in [-0.1, -0.05) is 44.2 Å². The van der Waals surface area contributed by atoms with Crippen molar-refractivity contribution in [1.82, 2.24) is 40.6 Å². The Labute approximate surface area is 299 Å². The number of aromatic nitrogens is 4. The Morgan fingerprint density at radius 3 is 2.35 bits per heavy atom. The van der Waals surface area contributed by atoms with Crippen LogP contribution in [0.5, 0.6) is 0 Å². The zero-order chi connectivity index (χ0) is 37.4. The van der Waals surface area contributed by atoms with Crippen molar-refractivity contribution in [3.05, 3.63) is 86.8 Å². The van der Waals surface area contributed by atoms with Crippen molar-refractivity contribution in [1.29, 1.82) is 0 Å². The lowest BCUT2D eigenvalue weighted by molar-refractivity contribution is -0.137. The monoisotopic (exact) mass is 720 g/mol. The first-order chi connectivity index (χ1) is 24.1. The van der Waals surface area contributed by atoms with Crippen molar-refractivity contribution in [2.45, 2.75) is 79.6 Å². The number of benzene rings is 1. The fourth-order valence-electron chi connectivity index (χ4n) is 5.49. The molecular formula is C35H44N8O7S. The number of aliphatic carboxylic acids is 1. The molecule has 15 nitrogen and oxygen atoms in total. The summed E-state index contributed by atoms with van der Waals surface area (Å²) >= 11 is 1.25. The number of carbonyl (C=O) groups excluding carboxylic acids is 4. The Kier molecular flexibility index (Phi) is 12.8. The smallest absolute Gasteiger partial charge is 0.300 e. The fourth-order valence-corrected chi connectivity index (χ4v) is 6.29. The number of rotatable bonds is 5. The number of nitrogens with one attached hydrogen (secondary N) is 3. The first-order valence-electron chi connectivity index (χ1n) is 16.5. The van der Waals surface area contributed by atoms with Gasteiger partial charge in [-0.2, -0.15) is 5.10 Å². The molecule has 1 aliphatic heterocycles. The Morgan fingerprint density at radius 1 is 1.04 bits per heavy atom. The molecule has 1 aliphatic rings. The summed E-state index contributed by atoms with van der Waals surface area (Å²) in [6.45, 7) is 11.7. The molecular weight excluding hydrogens is 677 g/mol. The van der Waals surface area contributed by atoms with E-state index < -0.39 is 41.8 Å². The second-order valence-electron chi connectivity index (χ2n) is 12.8. The van der Waals surface area contributed by atoms with Gasteiger partial charge < -0.3 is 30.4 Å². The van der Waals surface area contributed by atoms with Crippen LogP contribution >= 0.6 is 11.3 Å². The van der Waals surface area contributed by atoms with Gasteiger partial charge in [0.2, 0.25) is 17.7 Å². The summed E-state index contributed by atoms with van der Waals surface area (Å²) in [5, 5.41) is 22.9. The maximum atomic E-state index is 13.9. The highest BCUT2D eigenvalue weighted by Gasteiger charge is 2.31. The van der Waals surface area contributed by atoms with Gasteiger partial charge in [-0.15, -0.1) is 11.3 Å². The van der Waals surface area contributed by atoms with E-state index in [4.69, 9.17) is 14.3 Å². The Balaban J connectivity index is 0.00000138. The molecule has 4 amide bonds. The lowest BCUT2D eigenvalue weighted by atomic mass is 10.0. The molecule has 3 aromatic heterocycles. The molecule has 0 saturated heterocycles. The zero-order valence-corrected chi connectivity index (χ0v) is 30.5. The van der Waals surface area contributed by atoms with Crippen molar-refractivity contribution in [3.63, 3.8) is 0 Å². The highest BCUT2D eigenvalue weighted by Crippen LogP contribution is 2.25. The van der Waals surface area contributed by atoms with Crippen LogP contribution in [-0.4, -0.2) is 78.5 Å². The third kappa shape index (κ3) is 10.6. The largest absolute Gasteiger partial charge is 0.481 e. The van der Waals surface area contributed by atoms with Crippen molar-refractivity contribution in [2.75, 3.05) is 13.1 Å². The van der Waals surface area contributed by atoms with Crippen LogP contribution in [0.4, 0.5) is 0 Å². The Hall–Kier alpha value is -5.38. The number of carbonyl (C=O) groups is 5. The molecule has 272 valence electrons. The minimum atomic E-state index is -0.833. The fraction of sp³-hybridized carbons (Fsp3) is 0.429. The average Bonchev–Trinajstić information content (AvgIpc) is 3.77. The number of aryl methyl sites for hydroxylation is 3. The predicted molar refractivity (Wildman–Crippen MR) is 188 cm³/mol. The van der Waals surface area contributed by atoms with Crippen molar-refractivity contribution in [2.24, 2.45) is 5.92 Å². The van der Waals surface area contributed by atoms with E-state index in [0.717, 1.165) is 23.9 Å². The zero-order valence-electron chi connectivity index (χ0n) is 29.7. The molecule has 16 heteroatoms. The van der Waals surface area contributed by atoms with Gasteiger partial charge in [-0.05, 0) is 51.7 Å². The van der Waals surface area contributed by atoms with Crippen LogP contribution in [0, 0.1) is 26.7 Å². The van der Waals surface area contributed by atoms with Gasteiger partial charge in [0.05, 0.1) is 24.3 Å². The van der Waals surface area contributed by atoms with Gasteiger partial charge in [0.15, 0.2) is 5.69 Å². The number of nitrogens with zero attached hydrogens (tertiary/aromatic N) is 5. The van der Waals surface area contributed by atoms with E-state index in [9.17, 15) is 19.2 Å². The summed E-state index contributed by atoms with van der Waals surface area (Å²) in [5.41, 5.74) is 2.80. The van der Waals surface area contributed by atoms with Crippen LogP contribution in [0.3, 0.4) is 0 Å². The average molecular weight is 721 g/mol. The maximum Gasteiger partial charge on any atom is 0.300 e. The molecule has 0 radical (unpaired) electrons. The van der Waals surface area contributed by atoms with Crippen LogP contribution in [0.1, 0.15) is 94.4 Å². The van der Waals surface area contributed by atoms with E-state index in [0.29, 0.717) is 17.2 Å². The standard InChI is InChI=1S/C33H40N8O5S.C2H4O2/c1-18(2)28-32-38-29(22(6)46-32)31(45)34-21(5)33-36-25(17-47-33)30(44)35-24(13-23-10-8-7-9-11-23)14-40(15-26(42)37-28)27(43)16-41-20(4)12-19(3)39-41;1-2(3)4/h7-12,17-18,21,24,28H,13-16H2,1-6H3,(H,34,45)(H,35,44)(H,37,42);1H3,(H,3,4)/t21-,24-,28+;/m1./s1. The Bertz CT molecular complexity index is 1860. The van der Waals surface area contributed by atoms with Crippen molar-refractivity contribution in [3.8, 4) is 0 Å². The number of oxazole rings is 1. The van der Waals surface area contributed by atoms with Crippen LogP contribution in [-0.2, 0) is 27.3 Å². The minimum Gasteiger partial charge on any atom is -0.481 e. The maximum absolute atomic E-state index is 13.9. The van der Waals surface area contributed by atoms with E-state index >= 15 is 0 Å². The van der Waals surface area contributed by atoms with Gasteiger partial charge >= 0.3 is 0 Å². The van der Waals surface area contributed by atoms with Crippen LogP contribution in [0.15, 0.2) is 46.2 Å². The number of carboxylic acid groups (broad SMARTS) is 1. The molecule has 4 heterocycles. The lowest BCUT2D eigenvalue weighted by Gasteiger charge is -2.29.